The van der Waals surface area contributed by atoms with Gasteiger partial charge in [0.1, 0.15) is 0 Å². The Balaban J connectivity index is 1.61. The van der Waals surface area contributed by atoms with Crippen molar-refractivity contribution in [1.29, 1.82) is 0 Å². The number of aryl methyl sites for hydroxylation is 1. The minimum absolute atomic E-state index is 0.691. The van der Waals surface area contributed by atoms with E-state index in [0.717, 1.165) is 32.3 Å². The molecule has 1 atom stereocenters. The summed E-state index contributed by atoms with van der Waals surface area (Å²) in [5.74, 6) is 0.691. The average Bonchev–Trinajstić information content (AvgIpc) is 3.16. The predicted octanol–water partition coefficient (Wildman–Crippen LogP) is 2.72. The normalized spacial score (nSPS) is 22.5. The van der Waals surface area contributed by atoms with Crippen LogP contribution in [0.4, 0.5) is 5.69 Å². The van der Waals surface area contributed by atoms with E-state index < -0.39 is 0 Å². The molecule has 2 fully saturated rings. The Kier molecular flexibility index (Phi) is 4.27. The van der Waals surface area contributed by atoms with Crippen LogP contribution >= 0.6 is 0 Å². The van der Waals surface area contributed by atoms with Gasteiger partial charge in [0, 0.05) is 44.4 Å². The molecule has 0 radical (unpaired) electrons. The molecule has 0 spiro atoms. The van der Waals surface area contributed by atoms with E-state index >= 15 is 0 Å². The van der Waals surface area contributed by atoms with Crippen LogP contribution in [0.25, 0.3) is 0 Å². The average molecular weight is 274 g/mol. The molecule has 1 aliphatic heterocycles. The number of methoxy groups -OCH3 is 1. The largest absolute Gasteiger partial charge is 0.384 e. The van der Waals surface area contributed by atoms with Crippen molar-refractivity contribution >= 4 is 5.69 Å². The van der Waals surface area contributed by atoms with Crippen LogP contribution in [0.5, 0.6) is 0 Å². The van der Waals surface area contributed by atoms with Gasteiger partial charge in [0.25, 0.3) is 0 Å². The zero-order valence-electron chi connectivity index (χ0n) is 12.7. The fourth-order valence-corrected chi connectivity index (χ4v) is 3.06. The van der Waals surface area contributed by atoms with Gasteiger partial charge in [-0.1, -0.05) is 6.07 Å². The molecule has 20 heavy (non-hydrogen) atoms. The lowest BCUT2D eigenvalue weighted by Gasteiger charge is -2.20. The molecule has 1 heterocycles. The number of benzene rings is 1. The van der Waals surface area contributed by atoms with Gasteiger partial charge in [-0.25, -0.2) is 0 Å². The molecular formula is C17H26N2O. The Morgan fingerprint density at radius 3 is 2.85 bits per heavy atom. The molecule has 0 aromatic heterocycles. The summed E-state index contributed by atoms with van der Waals surface area (Å²) in [5, 5.41) is 3.60. The zero-order chi connectivity index (χ0) is 13.9. The maximum absolute atomic E-state index is 5.28. The quantitative estimate of drug-likeness (QED) is 0.863. The SMILES string of the molecule is COCC1CCN(c2ccc(CNC3CC3)c(C)c2)C1. The highest BCUT2D eigenvalue weighted by Gasteiger charge is 2.23. The van der Waals surface area contributed by atoms with Crippen molar-refractivity contribution in [3.8, 4) is 0 Å². The van der Waals surface area contributed by atoms with E-state index in [-0.39, 0.29) is 0 Å². The Hall–Kier alpha value is -1.06. The number of hydrogen-bond acceptors (Lipinski definition) is 3. The van der Waals surface area contributed by atoms with Gasteiger partial charge in [-0.2, -0.15) is 0 Å². The molecule has 1 N–H and O–H groups in total. The van der Waals surface area contributed by atoms with E-state index in [0.29, 0.717) is 5.92 Å². The van der Waals surface area contributed by atoms with Crippen LogP contribution in [0, 0.1) is 12.8 Å². The third-order valence-electron chi connectivity index (χ3n) is 4.54. The summed E-state index contributed by atoms with van der Waals surface area (Å²) < 4.78 is 5.28. The van der Waals surface area contributed by atoms with E-state index in [1.807, 2.05) is 0 Å². The lowest BCUT2D eigenvalue weighted by Crippen LogP contribution is -2.21. The first-order valence-corrected chi connectivity index (χ1v) is 7.83. The summed E-state index contributed by atoms with van der Waals surface area (Å²) in [6.45, 7) is 6.43. The van der Waals surface area contributed by atoms with Crippen LogP contribution in [-0.4, -0.2) is 32.8 Å². The van der Waals surface area contributed by atoms with Crippen molar-refractivity contribution in [2.75, 3.05) is 31.7 Å². The topological polar surface area (TPSA) is 24.5 Å². The predicted molar refractivity (Wildman–Crippen MR) is 83.2 cm³/mol. The highest BCUT2D eigenvalue weighted by molar-refractivity contribution is 5.51. The van der Waals surface area contributed by atoms with Crippen LogP contribution in [0.3, 0.4) is 0 Å². The van der Waals surface area contributed by atoms with Gasteiger partial charge in [0.2, 0.25) is 0 Å². The smallest absolute Gasteiger partial charge is 0.0508 e. The molecular weight excluding hydrogens is 248 g/mol. The summed E-state index contributed by atoms with van der Waals surface area (Å²) in [7, 11) is 1.80. The van der Waals surface area contributed by atoms with E-state index in [1.54, 1.807) is 7.11 Å². The standard InChI is InChI=1S/C17H26N2O/c1-13-9-17(19-8-7-14(11-19)12-20-2)6-3-15(13)10-18-16-4-5-16/h3,6,9,14,16,18H,4-5,7-8,10-12H2,1-2H3. The van der Waals surface area contributed by atoms with Crippen molar-refractivity contribution < 1.29 is 4.74 Å². The molecule has 1 unspecified atom stereocenters. The summed E-state index contributed by atoms with van der Waals surface area (Å²) in [4.78, 5) is 2.49. The first-order valence-electron chi connectivity index (χ1n) is 7.83. The molecule has 3 nitrogen and oxygen atoms in total. The zero-order valence-corrected chi connectivity index (χ0v) is 12.7. The fourth-order valence-electron chi connectivity index (χ4n) is 3.06. The van der Waals surface area contributed by atoms with E-state index in [2.05, 4.69) is 35.3 Å². The second kappa shape index (κ2) is 6.15. The molecule has 0 amide bonds. The molecule has 1 aromatic rings. The van der Waals surface area contributed by atoms with Crippen LogP contribution in [-0.2, 0) is 11.3 Å². The van der Waals surface area contributed by atoms with Gasteiger partial charge in [0.15, 0.2) is 0 Å². The van der Waals surface area contributed by atoms with Crippen LogP contribution < -0.4 is 10.2 Å². The highest BCUT2D eigenvalue weighted by atomic mass is 16.5. The Morgan fingerprint density at radius 2 is 2.15 bits per heavy atom. The van der Waals surface area contributed by atoms with Gasteiger partial charge in [0.05, 0.1) is 6.61 Å². The molecule has 1 saturated heterocycles. The number of hydrogen-bond donors (Lipinski definition) is 1. The maximum Gasteiger partial charge on any atom is 0.0508 e. The Labute approximate surface area is 122 Å². The van der Waals surface area contributed by atoms with Crippen molar-refractivity contribution in [3.05, 3.63) is 29.3 Å². The molecule has 3 rings (SSSR count). The maximum atomic E-state index is 5.28. The molecule has 1 aromatic carbocycles. The summed E-state index contributed by atoms with van der Waals surface area (Å²) in [6, 6.07) is 7.71. The van der Waals surface area contributed by atoms with Crippen molar-refractivity contribution in [3.63, 3.8) is 0 Å². The number of nitrogens with one attached hydrogen (secondary N) is 1. The first kappa shape index (κ1) is 13.9. The molecule has 0 bridgehead atoms. The highest BCUT2D eigenvalue weighted by Crippen LogP contribution is 2.26. The van der Waals surface area contributed by atoms with Gasteiger partial charge in [-0.15, -0.1) is 0 Å². The van der Waals surface area contributed by atoms with Gasteiger partial charge in [-0.05, 0) is 49.4 Å². The summed E-state index contributed by atoms with van der Waals surface area (Å²) in [5.41, 5.74) is 4.22. The van der Waals surface area contributed by atoms with Gasteiger partial charge >= 0.3 is 0 Å². The lowest BCUT2D eigenvalue weighted by molar-refractivity contribution is 0.161. The number of ether oxygens (including phenoxy) is 1. The van der Waals surface area contributed by atoms with Gasteiger partial charge < -0.3 is 15.0 Å². The van der Waals surface area contributed by atoms with Crippen molar-refractivity contribution in [2.45, 2.75) is 38.8 Å². The fraction of sp³-hybridized carbons (Fsp3) is 0.647. The van der Waals surface area contributed by atoms with Crippen LogP contribution in [0.2, 0.25) is 0 Å². The Morgan fingerprint density at radius 1 is 1.30 bits per heavy atom. The molecule has 110 valence electrons. The van der Waals surface area contributed by atoms with Gasteiger partial charge in [-0.3, -0.25) is 0 Å². The van der Waals surface area contributed by atoms with E-state index in [4.69, 9.17) is 4.74 Å². The minimum Gasteiger partial charge on any atom is -0.384 e. The van der Waals surface area contributed by atoms with Crippen molar-refractivity contribution in [1.82, 2.24) is 5.32 Å². The van der Waals surface area contributed by atoms with E-state index in [9.17, 15) is 0 Å². The van der Waals surface area contributed by atoms with E-state index in [1.165, 1.54) is 36.1 Å². The lowest BCUT2D eigenvalue weighted by atomic mass is 10.1. The van der Waals surface area contributed by atoms with Crippen LogP contribution in [0.15, 0.2) is 18.2 Å². The third kappa shape index (κ3) is 3.33. The summed E-state index contributed by atoms with van der Waals surface area (Å²) in [6.07, 6.45) is 3.95. The molecule has 2 aliphatic rings. The third-order valence-corrected chi connectivity index (χ3v) is 4.54. The number of anilines is 1. The monoisotopic (exact) mass is 274 g/mol. The number of nitrogens with zero attached hydrogens (tertiary/aromatic N) is 1. The Bertz CT molecular complexity index is 456. The summed E-state index contributed by atoms with van der Waals surface area (Å²) >= 11 is 0. The van der Waals surface area contributed by atoms with Crippen LogP contribution in [0.1, 0.15) is 30.4 Å². The second-order valence-electron chi connectivity index (χ2n) is 6.32. The van der Waals surface area contributed by atoms with Crippen molar-refractivity contribution in [2.24, 2.45) is 5.92 Å². The first-order chi connectivity index (χ1) is 9.76. The minimum atomic E-state index is 0.691. The molecule has 1 aliphatic carbocycles. The second-order valence-corrected chi connectivity index (χ2v) is 6.32. The molecule has 3 heteroatoms. The molecule has 1 saturated carbocycles. The number of rotatable bonds is 6.